The van der Waals surface area contributed by atoms with Crippen molar-refractivity contribution in [2.75, 3.05) is 26.6 Å². The Kier molecular flexibility index (Phi) is 8.15. The molecule has 0 bridgehead atoms. The van der Waals surface area contributed by atoms with Crippen molar-refractivity contribution in [3.63, 3.8) is 0 Å². The zero-order valence-electron chi connectivity index (χ0n) is 22.8. The normalized spacial score (nSPS) is 12.2. The molecule has 0 amide bonds. The van der Waals surface area contributed by atoms with Crippen molar-refractivity contribution in [1.82, 2.24) is 29.3 Å². The summed E-state index contributed by atoms with van der Waals surface area (Å²) in [7, 11) is 4.78. The molecule has 37 heavy (non-hydrogen) atoms. The van der Waals surface area contributed by atoms with Crippen molar-refractivity contribution in [2.24, 2.45) is 0 Å². The first-order valence-corrected chi connectivity index (χ1v) is 12.8. The van der Waals surface area contributed by atoms with Crippen LogP contribution in [0.15, 0.2) is 30.9 Å². The number of fused-ring (bicyclic) bond motifs is 1. The molecule has 1 unspecified atom stereocenters. The van der Waals surface area contributed by atoms with Gasteiger partial charge in [0.1, 0.15) is 23.8 Å². The smallest absolute Gasteiger partial charge is 0.203 e. The number of nitrogens with zero attached hydrogens (tertiary/aromatic N) is 6. The highest BCUT2D eigenvalue weighted by Gasteiger charge is 2.19. The van der Waals surface area contributed by atoms with Crippen LogP contribution in [0, 0.1) is 0 Å². The predicted molar refractivity (Wildman–Crippen MR) is 145 cm³/mol. The van der Waals surface area contributed by atoms with Crippen LogP contribution in [-0.4, -0.2) is 50.6 Å². The van der Waals surface area contributed by atoms with Gasteiger partial charge in [-0.2, -0.15) is 5.10 Å². The number of nitrogens with one attached hydrogen (secondary N) is 1. The molecule has 10 nitrogen and oxygen atoms in total. The van der Waals surface area contributed by atoms with E-state index < -0.39 is 0 Å². The molecule has 4 rings (SSSR count). The molecule has 0 aliphatic carbocycles. The van der Waals surface area contributed by atoms with Crippen LogP contribution in [0.25, 0.3) is 16.7 Å². The summed E-state index contributed by atoms with van der Waals surface area (Å²) in [6, 6.07) is 3.93. The van der Waals surface area contributed by atoms with E-state index in [9.17, 15) is 0 Å². The molecule has 1 N–H and O–H groups in total. The number of anilines is 2. The van der Waals surface area contributed by atoms with Crippen molar-refractivity contribution in [1.29, 1.82) is 0 Å². The number of imidazole rings is 1. The van der Waals surface area contributed by atoms with Crippen molar-refractivity contribution in [3.8, 4) is 22.9 Å². The minimum Gasteiger partial charge on any atom is -0.493 e. The van der Waals surface area contributed by atoms with E-state index in [0.29, 0.717) is 28.9 Å². The highest BCUT2D eigenvalue weighted by atomic mass is 16.5. The summed E-state index contributed by atoms with van der Waals surface area (Å²) < 4.78 is 20.3. The van der Waals surface area contributed by atoms with Crippen LogP contribution in [0.3, 0.4) is 0 Å². The van der Waals surface area contributed by atoms with Gasteiger partial charge in [0.05, 0.1) is 44.8 Å². The van der Waals surface area contributed by atoms with Gasteiger partial charge in [-0.15, -0.1) is 0 Å². The predicted octanol–water partition coefficient (Wildman–Crippen LogP) is 6.05. The zero-order valence-corrected chi connectivity index (χ0v) is 22.8. The average Bonchev–Trinajstić information content (AvgIpc) is 3.55. The molecule has 3 heterocycles. The molecule has 4 aromatic rings. The fourth-order valence-electron chi connectivity index (χ4n) is 4.33. The minimum atomic E-state index is 0.183. The SMILES string of the molecule is CCCCCC(C)c1nc(Nc2cn(-c3cc(OC)c(OC)c(OC)c3)cn2)c2cnn(C(C)C)c2n1. The molecular weight excluding hydrogens is 470 g/mol. The van der Waals surface area contributed by atoms with Gasteiger partial charge < -0.3 is 24.1 Å². The maximum absolute atomic E-state index is 5.50. The molecule has 3 aromatic heterocycles. The number of benzene rings is 1. The lowest BCUT2D eigenvalue weighted by Crippen LogP contribution is -2.09. The molecule has 0 radical (unpaired) electrons. The molecule has 0 saturated heterocycles. The van der Waals surface area contributed by atoms with E-state index in [-0.39, 0.29) is 12.0 Å². The Morgan fingerprint density at radius 3 is 2.32 bits per heavy atom. The fourth-order valence-corrected chi connectivity index (χ4v) is 4.33. The van der Waals surface area contributed by atoms with Gasteiger partial charge in [-0.3, -0.25) is 0 Å². The van der Waals surface area contributed by atoms with Crippen molar-refractivity contribution in [2.45, 2.75) is 65.3 Å². The quantitative estimate of drug-likeness (QED) is 0.231. The molecule has 198 valence electrons. The number of rotatable bonds is 12. The summed E-state index contributed by atoms with van der Waals surface area (Å²) in [5.74, 6) is 4.08. The van der Waals surface area contributed by atoms with E-state index in [4.69, 9.17) is 24.2 Å². The Labute approximate surface area is 218 Å². The summed E-state index contributed by atoms with van der Waals surface area (Å²) >= 11 is 0. The van der Waals surface area contributed by atoms with Gasteiger partial charge in [-0.05, 0) is 20.3 Å². The van der Waals surface area contributed by atoms with Gasteiger partial charge in [0.25, 0.3) is 0 Å². The molecular formula is C27H37N7O3. The summed E-state index contributed by atoms with van der Waals surface area (Å²) in [6.07, 6.45) is 10.0. The number of hydrogen-bond donors (Lipinski definition) is 1. The monoisotopic (exact) mass is 507 g/mol. The molecule has 0 fully saturated rings. The standard InChI is InChI=1S/C27H37N7O3/c1-8-9-10-11-18(4)25-31-26(20-14-29-34(17(2)3)27(20)32-25)30-23-15-33(16-28-23)19-12-21(35-5)24(37-7)22(13-19)36-6/h12-18H,8-11H2,1-7H3,(H,30,31,32). The number of hydrogen-bond acceptors (Lipinski definition) is 8. The number of unbranched alkanes of at least 4 members (excludes halogenated alkanes) is 2. The highest BCUT2D eigenvalue weighted by Crippen LogP contribution is 2.39. The second kappa shape index (κ2) is 11.5. The van der Waals surface area contributed by atoms with Crippen LogP contribution >= 0.6 is 0 Å². The third-order valence-corrected chi connectivity index (χ3v) is 6.42. The number of aromatic nitrogens is 6. The van der Waals surface area contributed by atoms with Crippen LogP contribution in [0.5, 0.6) is 17.2 Å². The Balaban J connectivity index is 1.69. The number of methoxy groups -OCH3 is 3. The van der Waals surface area contributed by atoms with E-state index in [0.717, 1.165) is 35.4 Å². The van der Waals surface area contributed by atoms with Crippen molar-refractivity contribution in [3.05, 3.63) is 36.7 Å². The van der Waals surface area contributed by atoms with E-state index in [1.807, 2.05) is 33.8 Å². The van der Waals surface area contributed by atoms with E-state index in [2.05, 4.69) is 43.1 Å². The van der Waals surface area contributed by atoms with Crippen LogP contribution in [-0.2, 0) is 0 Å². The maximum atomic E-state index is 5.50. The largest absolute Gasteiger partial charge is 0.493 e. The van der Waals surface area contributed by atoms with Crippen molar-refractivity contribution >= 4 is 22.7 Å². The Bertz CT molecular complexity index is 1320. The maximum Gasteiger partial charge on any atom is 0.203 e. The second-order valence-corrected chi connectivity index (χ2v) is 9.42. The van der Waals surface area contributed by atoms with Crippen LogP contribution in [0.1, 0.15) is 71.2 Å². The molecule has 0 aliphatic rings. The summed E-state index contributed by atoms with van der Waals surface area (Å²) in [4.78, 5) is 14.4. The van der Waals surface area contributed by atoms with Gasteiger partial charge in [-0.1, -0.05) is 33.1 Å². The third kappa shape index (κ3) is 5.47. The first-order chi connectivity index (χ1) is 17.9. The molecule has 0 saturated carbocycles. The molecule has 0 spiro atoms. The summed E-state index contributed by atoms with van der Waals surface area (Å²) in [5, 5.41) is 8.86. The van der Waals surface area contributed by atoms with E-state index in [1.54, 1.807) is 27.7 Å². The van der Waals surface area contributed by atoms with Gasteiger partial charge >= 0.3 is 0 Å². The van der Waals surface area contributed by atoms with Gasteiger partial charge in [0.2, 0.25) is 5.75 Å². The third-order valence-electron chi connectivity index (χ3n) is 6.42. The number of ether oxygens (including phenoxy) is 3. The second-order valence-electron chi connectivity index (χ2n) is 9.42. The topological polar surface area (TPSA) is 101 Å². The van der Waals surface area contributed by atoms with Gasteiger partial charge in [0, 0.05) is 24.1 Å². The zero-order chi connectivity index (χ0) is 26.5. The first kappa shape index (κ1) is 26.2. The lowest BCUT2D eigenvalue weighted by atomic mass is 10.0. The summed E-state index contributed by atoms with van der Waals surface area (Å²) in [5.41, 5.74) is 1.65. The first-order valence-electron chi connectivity index (χ1n) is 12.8. The average molecular weight is 508 g/mol. The summed E-state index contributed by atoms with van der Waals surface area (Å²) in [6.45, 7) is 8.61. The van der Waals surface area contributed by atoms with E-state index in [1.165, 1.54) is 12.8 Å². The van der Waals surface area contributed by atoms with Gasteiger partial charge in [0.15, 0.2) is 17.1 Å². The van der Waals surface area contributed by atoms with Crippen LogP contribution in [0.4, 0.5) is 11.6 Å². The highest BCUT2D eigenvalue weighted by molar-refractivity contribution is 5.88. The van der Waals surface area contributed by atoms with Gasteiger partial charge in [-0.25, -0.2) is 19.6 Å². The van der Waals surface area contributed by atoms with Crippen molar-refractivity contribution < 1.29 is 14.2 Å². The lowest BCUT2D eigenvalue weighted by molar-refractivity contribution is 0.324. The Morgan fingerprint density at radius 1 is 0.973 bits per heavy atom. The van der Waals surface area contributed by atoms with E-state index >= 15 is 0 Å². The Morgan fingerprint density at radius 2 is 1.70 bits per heavy atom. The minimum absolute atomic E-state index is 0.183. The molecule has 10 heteroatoms. The molecule has 0 aliphatic heterocycles. The molecule has 1 atom stereocenters. The van der Waals surface area contributed by atoms with Crippen LogP contribution in [0.2, 0.25) is 0 Å². The van der Waals surface area contributed by atoms with Crippen LogP contribution < -0.4 is 19.5 Å². The lowest BCUT2D eigenvalue weighted by Gasteiger charge is -2.14. The Hall–Kier alpha value is -3.82. The molecule has 1 aromatic carbocycles. The fraction of sp³-hybridized carbons (Fsp3) is 0.481.